The summed E-state index contributed by atoms with van der Waals surface area (Å²) in [5.74, 6) is 0.607. The van der Waals surface area contributed by atoms with Gasteiger partial charge in [-0.3, -0.25) is 4.79 Å². The van der Waals surface area contributed by atoms with Crippen molar-refractivity contribution in [3.63, 3.8) is 0 Å². The lowest BCUT2D eigenvalue weighted by Crippen LogP contribution is -2.24. The van der Waals surface area contributed by atoms with Gasteiger partial charge in [0, 0.05) is 24.4 Å². The number of tetrazole rings is 1. The molecule has 2 heterocycles. The van der Waals surface area contributed by atoms with Crippen LogP contribution < -0.4 is 5.32 Å². The van der Waals surface area contributed by atoms with E-state index in [2.05, 4.69) is 25.7 Å². The molecule has 2 aromatic rings. The van der Waals surface area contributed by atoms with Crippen molar-refractivity contribution in [2.75, 3.05) is 5.32 Å². The summed E-state index contributed by atoms with van der Waals surface area (Å²) >= 11 is 1.47. The maximum absolute atomic E-state index is 10.9. The number of hydrogen-bond donors (Lipinski definition) is 1. The standard InChI is InChI=1S/C12H18N6OS/c1-8(19)14-11-13-7-9(20-11)5-6-10-15-17-18(16-10)12(2,3)4/h7H,5-6H2,1-4H3,(H,13,14,19). The largest absolute Gasteiger partial charge is 0.302 e. The summed E-state index contributed by atoms with van der Waals surface area (Å²) in [6.07, 6.45) is 3.26. The van der Waals surface area contributed by atoms with Crippen LogP contribution in [0.15, 0.2) is 6.20 Å². The van der Waals surface area contributed by atoms with Crippen LogP contribution in [0.3, 0.4) is 0 Å². The molecule has 8 heteroatoms. The SMILES string of the molecule is CC(=O)Nc1ncc(CCc2nnn(C(C)(C)C)n2)s1. The minimum absolute atomic E-state index is 0.110. The Morgan fingerprint density at radius 2 is 2.15 bits per heavy atom. The number of anilines is 1. The Kier molecular flexibility index (Phi) is 4.12. The van der Waals surface area contributed by atoms with E-state index in [4.69, 9.17) is 0 Å². The fourth-order valence-electron chi connectivity index (χ4n) is 1.49. The molecule has 0 fully saturated rings. The normalized spacial score (nSPS) is 11.6. The molecule has 1 amide bonds. The van der Waals surface area contributed by atoms with E-state index in [0.29, 0.717) is 11.6 Å². The first-order valence-corrected chi connectivity index (χ1v) is 7.18. The highest BCUT2D eigenvalue weighted by atomic mass is 32.1. The van der Waals surface area contributed by atoms with E-state index in [9.17, 15) is 4.79 Å². The topological polar surface area (TPSA) is 85.6 Å². The van der Waals surface area contributed by atoms with Gasteiger partial charge in [-0.25, -0.2) is 4.98 Å². The molecule has 0 radical (unpaired) electrons. The van der Waals surface area contributed by atoms with Crippen LogP contribution in [0.1, 0.15) is 38.4 Å². The van der Waals surface area contributed by atoms with Gasteiger partial charge in [0.15, 0.2) is 11.0 Å². The Bertz CT molecular complexity index is 597. The highest BCUT2D eigenvalue weighted by Crippen LogP contribution is 2.19. The molecule has 2 aromatic heterocycles. The molecule has 0 unspecified atom stereocenters. The Morgan fingerprint density at radius 1 is 1.40 bits per heavy atom. The van der Waals surface area contributed by atoms with E-state index in [0.717, 1.165) is 17.1 Å². The smallest absolute Gasteiger partial charge is 0.223 e. The van der Waals surface area contributed by atoms with Crippen LogP contribution in [-0.2, 0) is 23.2 Å². The fraction of sp³-hybridized carbons (Fsp3) is 0.583. The highest BCUT2D eigenvalue weighted by Gasteiger charge is 2.16. The summed E-state index contributed by atoms with van der Waals surface area (Å²) in [5, 5.41) is 15.8. The number of aromatic nitrogens is 5. The monoisotopic (exact) mass is 294 g/mol. The second-order valence-electron chi connectivity index (χ2n) is 5.48. The van der Waals surface area contributed by atoms with Crippen LogP contribution in [0.25, 0.3) is 0 Å². The van der Waals surface area contributed by atoms with Gasteiger partial charge in [0.05, 0.1) is 5.54 Å². The molecule has 0 spiro atoms. The van der Waals surface area contributed by atoms with Crippen molar-refractivity contribution in [1.29, 1.82) is 0 Å². The van der Waals surface area contributed by atoms with Crippen molar-refractivity contribution in [3.8, 4) is 0 Å². The van der Waals surface area contributed by atoms with Crippen molar-refractivity contribution >= 4 is 22.4 Å². The molecule has 7 nitrogen and oxygen atoms in total. The van der Waals surface area contributed by atoms with Crippen LogP contribution in [-0.4, -0.2) is 31.1 Å². The number of aryl methyl sites for hydroxylation is 2. The van der Waals surface area contributed by atoms with Gasteiger partial charge < -0.3 is 5.32 Å². The number of amides is 1. The number of carbonyl (C=O) groups excluding carboxylic acids is 1. The van der Waals surface area contributed by atoms with Crippen LogP contribution >= 0.6 is 11.3 Å². The van der Waals surface area contributed by atoms with E-state index >= 15 is 0 Å². The summed E-state index contributed by atoms with van der Waals surface area (Å²) in [5.41, 5.74) is -0.158. The molecule has 0 aliphatic rings. The number of nitrogens with one attached hydrogen (secondary N) is 1. The zero-order valence-electron chi connectivity index (χ0n) is 12.0. The van der Waals surface area contributed by atoms with E-state index in [1.54, 1.807) is 11.0 Å². The molecule has 2 rings (SSSR count). The first-order valence-electron chi connectivity index (χ1n) is 6.36. The predicted octanol–water partition coefficient (Wildman–Crippen LogP) is 1.63. The average molecular weight is 294 g/mol. The van der Waals surface area contributed by atoms with Gasteiger partial charge in [-0.05, 0) is 32.4 Å². The molecule has 0 saturated carbocycles. The molecule has 108 valence electrons. The Morgan fingerprint density at radius 3 is 2.75 bits per heavy atom. The van der Waals surface area contributed by atoms with Crippen LogP contribution in [0, 0.1) is 0 Å². The molecule has 0 saturated heterocycles. The molecular formula is C12H18N6OS. The lowest BCUT2D eigenvalue weighted by molar-refractivity contribution is -0.114. The number of hydrogen-bond acceptors (Lipinski definition) is 6. The van der Waals surface area contributed by atoms with E-state index < -0.39 is 0 Å². The zero-order chi connectivity index (χ0) is 14.8. The molecule has 0 aromatic carbocycles. The van der Waals surface area contributed by atoms with Gasteiger partial charge in [-0.2, -0.15) is 4.80 Å². The van der Waals surface area contributed by atoms with Crippen LogP contribution in [0.4, 0.5) is 5.13 Å². The van der Waals surface area contributed by atoms with E-state index in [-0.39, 0.29) is 11.4 Å². The van der Waals surface area contributed by atoms with Crippen molar-refractivity contribution in [1.82, 2.24) is 25.2 Å². The third kappa shape index (κ3) is 3.83. The van der Waals surface area contributed by atoms with Crippen molar-refractivity contribution in [2.24, 2.45) is 0 Å². The number of nitrogens with zero attached hydrogens (tertiary/aromatic N) is 5. The van der Waals surface area contributed by atoms with Crippen LogP contribution in [0.2, 0.25) is 0 Å². The van der Waals surface area contributed by atoms with E-state index in [1.165, 1.54) is 18.3 Å². The molecule has 0 aliphatic heterocycles. The maximum Gasteiger partial charge on any atom is 0.223 e. The second kappa shape index (κ2) is 5.66. The van der Waals surface area contributed by atoms with E-state index in [1.807, 2.05) is 20.8 Å². The molecule has 0 atom stereocenters. The molecular weight excluding hydrogens is 276 g/mol. The second-order valence-corrected chi connectivity index (χ2v) is 6.59. The van der Waals surface area contributed by atoms with Gasteiger partial charge in [0.1, 0.15) is 0 Å². The number of carbonyl (C=O) groups is 1. The fourth-order valence-corrected chi connectivity index (χ4v) is 2.35. The predicted molar refractivity (Wildman–Crippen MR) is 76.6 cm³/mol. The number of rotatable bonds is 4. The summed E-state index contributed by atoms with van der Waals surface area (Å²) in [6, 6.07) is 0. The Balaban J connectivity index is 1.93. The summed E-state index contributed by atoms with van der Waals surface area (Å²) in [4.78, 5) is 17.8. The van der Waals surface area contributed by atoms with Gasteiger partial charge >= 0.3 is 0 Å². The third-order valence-electron chi connectivity index (χ3n) is 2.49. The minimum atomic E-state index is -0.158. The Labute approximate surface area is 121 Å². The molecule has 0 aliphatic carbocycles. The lowest BCUT2D eigenvalue weighted by atomic mass is 10.1. The van der Waals surface area contributed by atoms with Gasteiger partial charge in [-0.1, -0.05) is 0 Å². The quantitative estimate of drug-likeness (QED) is 0.926. The summed E-state index contributed by atoms with van der Waals surface area (Å²) in [6.45, 7) is 7.56. The lowest BCUT2D eigenvalue weighted by Gasteiger charge is -2.15. The number of thiazole rings is 1. The van der Waals surface area contributed by atoms with Crippen molar-refractivity contribution in [2.45, 2.75) is 46.1 Å². The van der Waals surface area contributed by atoms with Crippen LogP contribution in [0.5, 0.6) is 0 Å². The third-order valence-corrected chi connectivity index (χ3v) is 3.46. The molecule has 1 N–H and O–H groups in total. The average Bonchev–Trinajstić information content (AvgIpc) is 2.93. The van der Waals surface area contributed by atoms with Gasteiger partial charge in [0.25, 0.3) is 0 Å². The highest BCUT2D eigenvalue weighted by molar-refractivity contribution is 7.15. The Hall–Kier alpha value is -1.83. The summed E-state index contributed by atoms with van der Waals surface area (Å²) in [7, 11) is 0. The minimum Gasteiger partial charge on any atom is -0.302 e. The van der Waals surface area contributed by atoms with Gasteiger partial charge in [-0.15, -0.1) is 21.5 Å². The van der Waals surface area contributed by atoms with Gasteiger partial charge in [0.2, 0.25) is 5.91 Å². The molecule has 0 bridgehead atoms. The summed E-state index contributed by atoms with van der Waals surface area (Å²) < 4.78 is 0. The maximum atomic E-state index is 10.9. The van der Waals surface area contributed by atoms with Crippen molar-refractivity contribution < 1.29 is 4.79 Å². The first kappa shape index (κ1) is 14.6. The van der Waals surface area contributed by atoms with Crippen molar-refractivity contribution in [3.05, 3.63) is 16.9 Å². The first-order chi connectivity index (χ1) is 9.34. The molecule has 20 heavy (non-hydrogen) atoms. The zero-order valence-corrected chi connectivity index (χ0v) is 12.9.